The SMILES string of the molecule is CN(C)CCC[C@@]1(O)c2ccccc2COc2ccccc21. The molecule has 0 amide bonds. The van der Waals surface area contributed by atoms with E-state index in [1.54, 1.807) is 0 Å². The van der Waals surface area contributed by atoms with Crippen LogP contribution in [0.2, 0.25) is 0 Å². The highest BCUT2D eigenvalue weighted by Gasteiger charge is 2.37. The lowest BCUT2D eigenvalue weighted by molar-refractivity contribution is 0.0658. The fourth-order valence-electron chi connectivity index (χ4n) is 3.20. The molecule has 1 aliphatic rings. The van der Waals surface area contributed by atoms with E-state index in [0.29, 0.717) is 13.0 Å². The Labute approximate surface area is 132 Å². The number of fused-ring (bicyclic) bond motifs is 2. The van der Waals surface area contributed by atoms with Crippen molar-refractivity contribution in [3.8, 4) is 5.75 Å². The number of hydrogen-bond donors (Lipinski definition) is 1. The Kier molecular flexibility index (Phi) is 4.19. The Hall–Kier alpha value is -1.84. The molecule has 0 aliphatic carbocycles. The van der Waals surface area contributed by atoms with Crippen LogP contribution in [0.4, 0.5) is 0 Å². The normalized spacial score (nSPS) is 20.0. The van der Waals surface area contributed by atoms with Gasteiger partial charge in [-0.15, -0.1) is 0 Å². The van der Waals surface area contributed by atoms with Gasteiger partial charge in [0.1, 0.15) is 18.0 Å². The van der Waals surface area contributed by atoms with Crippen molar-refractivity contribution in [3.63, 3.8) is 0 Å². The Bertz CT molecular complexity index is 604. The molecule has 2 aromatic carbocycles. The van der Waals surface area contributed by atoms with Crippen LogP contribution in [-0.4, -0.2) is 30.6 Å². The van der Waals surface area contributed by atoms with Crippen molar-refractivity contribution < 1.29 is 9.84 Å². The van der Waals surface area contributed by atoms with Gasteiger partial charge in [0.05, 0.1) is 0 Å². The maximum Gasteiger partial charge on any atom is 0.126 e. The number of aliphatic hydroxyl groups is 1. The maximum absolute atomic E-state index is 11.6. The van der Waals surface area contributed by atoms with Crippen molar-refractivity contribution in [2.24, 2.45) is 0 Å². The van der Waals surface area contributed by atoms with E-state index in [4.69, 9.17) is 4.74 Å². The number of nitrogens with zero attached hydrogens (tertiary/aromatic N) is 1. The summed E-state index contributed by atoms with van der Waals surface area (Å²) in [6, 6.07) is 15.9. The van der Waals surface area contributed by atoms with Gasteiger partial charge < -0.3 is 14.7 Å². The summed E-state index contributed by atoms with van der Waals surface area (Å²) >= 11 is 0. The van der Waals surface area contributed by atoms with Gasteiger partial charge in [-0.25, -0.2) is 0 Å². The summed E-state index contributed by atoms with van der Waals surface area (Å²) in [7, 11) is 4.12. The number of ether oxygens (including phenoxy) is 1. The summed E-state index contributed by atoms with van der Waals surface area (Å²) in [5.74, 6) is 0.783. The minimum absolute atomic E-state index is 0.503. The summed E-state index contributed by atoms with van der Waals surface area (Å²) in [4.78, 5) is 2.15. The van der Waals surface area contributed by atoms with E-state index in [0.717, 1.165) is 35.4 Å². The molecule has 1 N–H and O–H groups in total. The fraction of sp³-hybridized carbons (Fsp3) is 0.368. The van der Waals surface area contributed by atoms with Crippen LogP contribution in [0.3, 0.4) is 0 Å². The second-order valence-electron chi connectivity index (χ2n) is 6.21. The Morgan fingerprint density at radius 2 is 1.73 bits per heavy atom. The third-order valence-corrected chi connectivity index (χ3v) is 4.32. The van der Waals surface area contributed by atoms with Crippen molar-refractivity contribution in [2.45, 2.75) is 25.0 Å². The molecule has 22 heavy (non-hydrogen) atoms. The van der Waals surface area contributed by atoms with Crippen molar-refractivity contribution >= 4 is 0 Å². The zero-order valence-electron chi connectivity index (χ0n) is 13.2. The first-order valence-electron chi connectivity index (χ1n) is 7.79. The minimum Gasteiger partial charge on any atom is -0.488 e. The van der Waals surface area contributed by atoms with E-state index in [9.17, 15) is 5.11 Å². The molecule has 3 rings (SSSR count). The topological polar surface area (TPSA) is 32.7 Å². The van der Waals surface area contributed by atoms with E-state index < -0.39 is 5.60 Å². The van der Waals surface area contributed by atoms with Crippen molar-refractivity contribution in [1.29, 1.82) is 0 Å². The van der Waals surface area contributed by atoms with Crippen LogP contribution in [0, 0.1) is 0 Å². The molecular formula is C19H23NO2. The van der Waals surface area contributed by atoms with Gasteiger partial charge in [-0.3, -0.25) is 0 Å². The van der Waals surface area contributed by atoms with Crippen LogP contribution >= 0.6 is 0 Å². The van der Waals surface area contributed by atoms with Gasteiger partial charge >= 0.3 is 0 Å². The smallest absolute Gasteiger partial charge is 0.126 e. The molecule has 3 nitrogen and oxygen atoms in total. The zero-order chi connectivity index (χ0) is 15.6. The predicted octanol–water partition coefficient (Wildman–Crippen LogP) is 3.16. The highest BCUT2D eigenvalue weighted by Crippen LogP contribution is 2.43. The largest absolute Gasteiger partial charge is 0.488 e. The average molecular weight is 297 g/mol. The molecule has 3 heteroatoms. The van der Waals surface area contributed by atoms with Crippen LogP contribution in [0.1, 0.15) is 29.5 Å². The quantitative estimate of drug-likeness (QED) is 0.941. The molecule has 1 aliphatic heterocycles. The Morgan fingerprint density at radius 3 is 2.50 bits per heavy atom. The molecule has 116 valence electrons. The molecule has 1 heterocycles. The standard InChI is InChI=1S/C19H23NO2/c1-20(2)13-7-12-19(21)16-9-4-3-8-15(16)14-22-18-11-6-5-10-17(18)19/h3-6,8-11,21H,7,12-14H2,1-2H3/t19-/m1/s1. The summed E-state index contributed by atoms with van der Waals surface area (Å²) in [5.41, 5.74) is 1.92. The number of rotatable bonds is 4. The molecule has 0 bridgehead atoms. The lowest BCUT2D eigenvalue weighted by Crippen LogP contribution is -2.29. The van der Waals surface area contributed by atoms with Crippen LogP contribution < -0.4 is 4.74 Å². The summed E-state index contributed by atoms with van der Waals surface area (Å²) in [6.45, 7) is 1.46. The van der Waals surface area contributed by atoms with E-state index in [1.165, 1.54) is 0 Å². The second-order valence-corrected chi connectivity index (χ2v) is 6.21. The summed E-state index contributed by atoms with van der Waals surface area (Å²) in [5, 5.41) is 11.6. The first kappa shape index (κ1) is 15.1. The first-order chi connectivity index (χ1) is 10.6. The third-order valence-electron chi connectivity index (χ3n) is 4.32. The third kappa shape index (κ3) is 2.74. The van der Waals surface area contributed by atoms with E-state index >= 15 is 0 Å². The minimum atomic E-state index is -0.986. The Morgan fingerprint density at radius 1 is 1.05 bits per heavy atom. The zero-order valence-corrected chi connectivity index (χ0v) is 13.2. The molecule has 0 saturated carbocycles. The summed E-state index contributed by atoms with van der Waals surface area (Å²) in [6.07, 6.45) is 1.61. The van der Waals surface area contributed by atoms with Crippen LogP contribution in [-0.2, 0) is 12.2 Å². The molecule has 2 aromatic rings. The summed E-state index contributed by atoms with van der Waals surface area (Å²) < 4.78 is 5.93. The number of hydrogen-bond acceptors (Lipinski definition) is 3. The number of benzene rings is 2. The average Bonchev–Trinajstić information content (AvgIpc) is 2.64. The predicted molar refractivity (Wildman–Crippen MR) is 88.0 cm³/mol. The molecule has 0 radical (unpaired) electrons. The molecule has 0 unspecified atom stereocenters. The van der Waals surface area contributed by atoms with Gasteiger partial charge in [-0.05, 0) is 50.7 Å². The van der Waals surface area contributed by atoms with Crippen molar-refractivity contribution in [3.05, 3.63) is 65.2 Å². The molecule has 0 spiro atoms. The molecule has 0 fully saturated rings. The lowest BCUT2D eigenvalue weighted by atomic mass is 9.80. The van der Waals surface area contributed by atoms with E-state index in [-0.39, 0.29) is 0 Å². The highest BCUT2D eigenvalue weighted by atomic mass is 16.5. The van der Waals surface area contributed by atoms with Gasteiger partial charge in [0.25, 0.3) is 0 Å². The monoisotopic (exact) mass is 297 g/mol. The van der Waals surface area contributed by atoms with Crippen LogP contribution in [0.15, 0.2) is 48.5 Å². The number of para-hydroxylation sites is 1. The molecular weight excluding hydrogens is 274 g/mol. The molecule has 0 saturated heterocycles. The molecule has 1 atom stereocenters. The van der Waals surface area contributed by atoms with Gasteiger partial charge in [0.2, 0.25) is 0 Å². The van der Waals surface area contributed by atoms with Gasteiger partial charge in [-0.2, -0.15) is 0 Å². The van der Waals surface area contributed by atoms with E-state index in [2.05, 4.69) is 19.0 Å². The van der Waals surface area contributed by atoms with Crippen molar-refractivity contribution in [2.75, 3.05) is 20.6 Å². The molecule has 0 aromatic heterocycles. The van der Waals surface area contributed by atoms with Gasteiger partial charge in [-0.1, -0.05) is 42.5 Å². The maximum atomic E-state index is 11.6. The highest BCUT2D eigenvalue weighted by molar-refractivity contribution is 5.49. The van der Waals surface area contributed by atoms with Gasteiger partial charge in [0.15, 0.2) is 0 Å². The van der Waals surface area contributed by atoms with Gasteiger partial charge in [0, 0.05) is 5.56 Å². The first-order valence-corrected chi connectivity index (χ1v) is 7.79. The van der Waals surface area contributed by atoms with Crippen molar-refractivity contribution in [1.82, 2.24) is 4.90 Å². The van der Waals surface area contributed by atoms with Crippen LogP contribution in [0.25, 0.3) is 0 Å². The lowest BCUT2D eigenvalue weighted by Gasteiger charge is -2.30. The van der Waals surface area contributed by atoms with Crippen LogP contribution in [0.5, 0.6) is 5.75 Å². The second kappa shape index (κ2) is 6.11. The fourth-order valence-corrected chi connectivity index (χ4v) is 3.20. The Balaban J connectivity index is 2.05. The van der Waals surface area contributed by atoms with E-state index in [1.807, 2.05) is 48.5 Å².